The van der Waals surface area contributed by atoms with Crippen molar-refractivity contribution in [3.05, 3.63) is 88.2 Å². The van der Waals surface area contributed by atoms with Crippen molar-refractivity contribution >= 4 is 40.7 Å². The number of carbonyl (C=O) groups is 2. The van der Waals surface area contributed by atoms with Crippen LogP contribution in [0.5, 0.6) is 5.75 Å². The van der Waals surface area contributed by atoms with Crippen LogP contribution in [-0.4, -0.2) is 40.9 Å². The molecule has 6 nitrogen and oxygen atoms in total. The molecule has 0 spiro atoms. The molecule has 3 aromatic rings. The average Bonchev–Trinajstić information content (AvgIpc) is 3.22. The van der Waals surface area contributed by atoms with E-state index in [0.29, 0.717) is 39.9 Å². The zero-order valence-corrected chi connectivity index (χ0v) is 17.9. The van der Waals surface area contributed by atoms with Crippen LogP contribution in [-0.2, 0) is 0 Å². The van der Waals surface area contributed by atoms with Gasteiger partial charge >= 0.3 is 0 Å². The Morgan fingerprint density at radius 3 is 2.32 bits per heavy atom. The van der Waals surface area contributed by atoms with Crippen LogP contribution in [0.15, 0.2) is 67.0 Å². The van der Waals surface area contributed by atoms with Gasteiger partial charge in [-0.2, -0.15) is 0 Å². The first-order chi connectivity index (χ1) is 15.0. The number of benzene rings is 2. The van der Waals surface area contributed by atoms with E-state index < -0.39 is 0 Å². The number of rotatable bonds is 5. The lowest BCUT2D eigenvalue weighted by molar-refractivity contribution is 0.0772. The first-order valence-corrected chi connectivity index (χ1v) is 10.5. The molecule has 0 bridgehead atoms. The van der Waals surface area contributed by atoms with Gasteiger partial charge in [-0.3, -0.25) is 14.6 Å². The van der Waals surface area contributed by atoms with Gasteiger partial charge in [0.05, 0.1) is 6.54 Å². The predicted octanol–water partition coefficient (Wildman–Crippen LogP) is 4.93. The smallest absolute Gasteiger partial charge is 0.255 e. The summed E-state index contributed by atoms with van der Waals surface area (Å²) in [6.07, 6.45) is 4.07. The topological polar surface area (TPSA) is 71.5 Å². The minimum absolute atomic E-state index is 0.0468. The van der Waals surface area contributed by atoms with Crippen LogP contribution in [0.2, 0.25) is 10.0 Å². The summed E-state index contributed by atoms with van der Waals surface area (Å²) in [7, 11) is 0. The number of aromatic nitrogens is 1. The number of carbonyl (C=O) groups excluding carboxylic acids is 2. The molecule has 0 radical (unpaired) electrons. The van der Waals surface area contributed by atoms with Gasteiger partial charge in [0.25, 0.3) is 11.8 Å². The van der Waals surface area contributed by atoms with Crippen molar-refractivity contribution in [2.75, 3.05) is 18.4 Å². The van der Waals surface area contributed by atoms with E-state index in [1.807, 2.05) is 0 Å². The zero-order chi connectivity index (χ0) is 21.8. The lowest BCUT2D eigenvalue weighted by atomic mass is 10.1. The molecule has 4 rings (SSSR count). The first-order valence-electron chi connectivity index (χ1n) is 9.71. The average molecular weight is 456 g/mol. The van der Waals surface area contributed by atoms with E-state index in [1.54, 1.807) is 71.9 Å². The van der Waals surface area contributed by atoms with Crippen molar-refractivity contribution in [1.29, 1.82) is 0 Å². The number of anilines is 1. The first kappa shape index (κ1) is 21.2. The normalized spacial score (nSPS) is 15.5. The molecule has 1 N–H and O–H groups in total. The summed E-state index contributed by atoms with van der Waals surface area (Å²) in [6, 6.07) is 15.0. The fourth-order valence-corrected chi connectivity index (χ4v) is 3.91. The molecule has 1 aliphatic heterocycles. The Morgan fingerprint density at radius 1 is 0.968 bits per heavy atom. The second-order valence-electron chi connectivity index (χ2n) is 7.15. The molecule has 1 aliphatic rings. The molecule has 1 aromatic heterocycles. The highest BCUT2D eigenvalue weighted by Gasteiger charge is 2.28. The highest BCUT2D eigenvalue weighted by atomic mass is 35.5. The maximum absolute atomic E-state index is 12.8. The molecule has 31 heavy (non-hydrogen) atoms. The van der Waals surface area contributed by atoms with Gasteiger partial charge in [-0.05, 0) is 54.6 Å². The summed E-state index contributed by atoms with van der Waals surface area (Å²) in [5, 5.41) is 3.55. The van der Waals surface area contributed by atoms with Crippen molar-refractivity contribution in [1.82, 2.24) is 9.88 Å². The van der Waals surface area contributed by atoms with Crippen LogP contribution in [0.4, 0.5) is 5.69 Å². The van der Waals surface area contributed by atoms with Crippen LogP contribution in [0.25, 0.3) is 0 Å². The summed E-state index contributed by atoms with van der Waals surface area (Å²) < 4.78 is 5.91. The lowest BCUT2D eigenvalue weighted by Crippen LogP contribution is -2.30. The van der Waals surface area contributed by atoms with Crippen molar-refractivity contribution in [2.24, 2.45) is 0 Å². The Hall–Kier alpha value is -3.09. The number of ether oxygens (including phenoxy) is 1. The molecular weight excluding hydrogens is 437 g/mol. The maximum atomic E-state index is 12.8. The molecule has 1 unspecified atom stereocenters. The zero-order valence-electron chi connectivity index (χ0n) is 16.4. The van der Waals surface area contributed by atoms with E-state index in [9.17, 15) is 9.59 Å². The highest BCUT2D eigenvalue weighted by Crippen LogP contribution is 2.22. The molecule has 2 aromatic carbocycles. The number of nitrogens with one attached hydrogen (secondary N) is 1. The lowest BCUT2D eigenvalue weighted by Gasteiger charge is -2.17. The molecule has 8 heteroatoms. The summed E-state index contributed by atoms with van der Waals surface area (Å²) >= 11 is 11.9. The van der Waals surface area contributed by atoms with Gasteiger partial charge in [-0.25, -0.2) is 0 Å². The minimum Gasteiger partial charge on any atom is -0.488 e. The van der Waals surface area contributed by atoms with Crippen LogP contribution in [0.3, 0.4) is 0 Å². The van der Waals surface area contributed by atoms with Gasteiger partial charge in [-0.1, -0.05) is 23.2 Å². The Balaban J connectivity index is 1.35. The number of hydrogen-bond donors (Lipinski definition) is 1. The maximum Gasteiger partial charge on any atom is 0.255 e. The number of amides is 2. The molecule has 2 amide bonds. The number of likely N-dealkylation sites (tertiary alicyclic amines) is 1. The second kappa shape index (κ2) is 9.37. The molecule has 1 fully saturated rings. The molecule has 0 aliphatic carbocycles. The number of halogens is 2. The van der Waals surface area contributed by atoms with Gasteiger partial charge in [0.2, 0.25) is 0 Å². The van der Waals surface area contributed by atoms with E-state index in [2.05, 4.69) is 10.3 Å². The third-order valence-corrected chi connectivity index (χ3v) is 5.34. The van der Waals surface area contributed by atoms with Gasteiger partial charge < -0.3 is 15.0 Å². The Kier molecular flexibility index (Phi) is 6.39. The fraction of sp³-hybridized carbons (Fsp3) is 0.174. The number of nitrogens with zero attached hydrogens (tertiary/aromatic N) is 2. The van der Waals surface area contributed by atoms with E-state index in [0.717, 1.165) is 12.2 Å². The van der Waals surface area contributed by atoms with Crippen LogP contribution < -0.4 is 10.1 Å². The summed E-state index contributed by atoms with van der Waals surface area (Å²) in [5.74, 6) is 0.342. The van der Waals surface area contributed by atoms with E-state index in [4.69, 9.17) is 27.9 Å². The molecule has 0 saturated carbocycles. The quantitative estimate of drug-likeness (QED) is 0.591. The van der Waals surface area contributed by atoms with Crippen molar-refractivity contribution < 1.29 is 14.3 Å². The van der Waals surface area contributed by atoms with Gasteiger partial charge in [-0.15, -0.1) is 0 Å². The van der Waals surface area contributed by atoms with Crippen LogP contribution in [0, 0.1) is 0 Å². The molecule has 1 saturated heterocycles. The Bertz CT molecular complexity index is 1070. The summed E-state index contributed by atoms with van der Waals surface area (Å²) in [5.41, 5.74) is 1.47. The van der Waals surface area contributed by atoms with Crippen molar-refractivity contribution in [2.45, 2.75) is 12.5 Å². The van der Waals surface area contributed by atoms with E-state index in [1.165, 1.54) is 0 Å². The van der Waals surface area contributed by atoms with E-state index in [-0.39, 0.29) is 17.9 Å². The summed E-state index contributed by atoms with van der Waals surface area (Å²) in [4.78, 5) is 31.0. The number of pyridine rings is 1. The highest BCUT2D eigenvalue weighted by molar-refractivity contribution is 6.35. The van der Waals surface area contributed by atoms with Crippen LogP contribution >= 0.6 is 23.2 Å². The summed E-state index contributed by atoms with van der Waals surface area (Å²) in [6.45, 7) is 1.15. The van der Waals surface area contributed by atoms with Crippen molar-refractivity contribution in [3.8, 4) is 5.75 Å². The standard InChI is InChI=1S/C23H19Cl2N3O3/c24-17-11-16(12-18(25)13-17)22(29)27-19-3-1-15(2-4-19)23(30)28-10-7-21(14-28)31-20-5-8-26-9-6-20/h1-6,8-9,11-13,21H,7,10,14H2,(H,27,29). The number of hydrogen-bond acceptors (Lipinski definition) is 4. The molecule has 1 atom stereocenters. The SMILES string of the molecule is O=C(Nc1ccc(C(=O)N2CCC(Oc3ccncc3)C2)cc1)c1cc(Cl)cc(Cl)c1. The van der Waals surface area contributed by atoms with Gasteiger partial charge in [0.15, 0.2) is 0 Å². The molecular formula is C23H19Cl2N3O3. The predicted molar refractivity (Wildman–Crippen MR) is 120 cm³/mol. The fourth-order valence-electron chi connectivity index (χ4n) is 3.39. The minimum atomic E-state index is -0.334. The third kappa shape index (κ3) is 5.34. The van der Waals surface area contributed by atoms with E-state index >= 15 is 0 Å². The monoisotopic (exact) mass is 455 g/mol. The van der Waals surface area contributed by atoms with Crippen LogP contribution in [0.1, 0.15) is 27.1 Å². The molecule has 2 heterocycles. The van der Waals surface area contributed by atoms with Crippen molar-refractivity contribution in [3.63, 3.8) is 0 Å². The second-order valence-corrected chi connectivity index (χ2v) is 8.03. The third-order valence-electron chi connectivity index (χ3n) is 4.90. The largest absolute Gasteiger partial charge is 0.488 e. The molecule has 158 valence electrons. The Labute approximate surface area is 189 Å². The van der Waals surface area contributed by atoms with Gasteiger partial charge in [0.1, 0.15) is 11.9 Å². The van der Waals surface area contributed by atoms with Gasteiger partial charge in [0, 0.05) is 52.2 Å². The Morgan fingerprint density at radius 2 is 1.65 bits per heavy atom.